The van der Waals surface area contributed by atoms with Crippen molar-refractivity contribution in [3.05, 3.63) is 48.0 Å². The fourth-order valence-electron chi connectivity index (χ4n) is 4.41. The van der Waals surface area contributed by atoms with E-state index in [4.69, 9.17) is 4.74 Å². The number of esters is 1. The zero-order valence-corrected chi connectivity index (χ0v) is 16.2. The summed E-state index contributed by atoms with van der Waals surface area (Å²) in [4.78, 5) is 26.1. The van der Waals surface area contributed by atoms with Crippen LogP contribution in [0.4, 0.5) is 0 Å². The highest BCUT2D eigenvalue weighted by Crippen LogP contribution is 2.56. The lowest BCUT2D eigenvalue weighted by atomic mass is 9.74. The first-order valence-corrected chi connectivity index (χ1v) is 9.80. The summed E-state index contributed by atoms with van der Waals surface area (Å²) in [6.07, 6.45) is 6.13. The van der Waals surface area contributed by atoms with E-state index in [2.05, 4.69) is 37.8 Å². The Kier molecular flexibility index (Phi) is 5.09. The van der Waals surface area contributed by atoms with Crippen LogP contribution in [0.25, 0.3) is 0 Å². The molecular weight excluding hydrogens is 324 g/mol. The number of cyclic esters (lactones) is 1. The van der Waals surface area contributed by atoms with Crippen molar-refractivity contribution in [2.45, 2.75) is 64.9 Å². The van der Waals surface area contributed by atoms with E-state index < -0.39 is 11.0 Å². The number of benzene rings is 1. The summed E-state index contributed by atoms with van der Waals surface area (Å²) in [5, 5.41) is 0. The van der Waals surface area contributed by atoms with Crippen LogP contribution in [0.5, 0.6) is 0 Å². The second-order valence-corrected chi connectivity index (χ2v) is 8.40. The summed E-state index contributed by atoms with van der Waals surface area (Å²) in [6, 6.07) is 8.59. The van der Waals surface area contributed by atoms with Crippen molar-refractivity contribution in [2.24, 2.45) is 17.3 Å². The van der Waals surface area contributed by atoms with E-state index in [1.807, 2.05) is 13.8 Å². The van der Waals surface area contributed by atoms with Gasteiger partial charge in [-0.25, -0.2) is 0 Å². The maximum atomic E-state index is 13.2. The Morgan fingerprint density at radius 2 is 1.85 bits per heavy atom. The number of ketones is 1. The monoisotopic (exact) mass is 354 g/mol. The number of allylic oxidation sites excluding steroid dienone is 1. The normalized spacial score (nSPS) is 29.5. The molecule has 3 heteroatoms. The molecule has 1 aromatic rings. The molecule has 0 amide bonds. The molecule has 3 unspecified atom stereocenters. The van der Waals surface area contributed by atoms with Gasteiger partial charge in [0.15, 0.2) is 5.78 Å². The van der Waals surface area contributed by atoms with E-state index in [0.29, 0.717) is 12.8 Å². The van der Waals surface area contributed by atoms with Crippen molar-refractivity contribution in [2.75, 3.05) is 0 Å². The zero-order valence-electron chi connectivity index (χ0n) is 16.2. The third-order valence-corrected chi connectivity index (χ3v) is 6.23. The lowest BCUT2D eigenvalue weighted by molar-refractivity contribution is -0.170. The molecule has 1 aliphatic carbocycles. The molecule has 1 saturated heterocycles. The third kappa shape index (κ3) is 3.36. The van der Waals surface area contributed by atoms with Crippen LogP contribution in [0, 0.1) is 17.3 Å². The molecule has 3 atom stereocenters. The molecule has 3 nitrogen and oxygen atoms in total. The molecule has 26 heavy (non-hydrogen) atoms. The van der Waals surface area contributed by atoms with Crippen LogP contribution in [0.3, 0.4) is 0 Å². The van der Waals surface area contributed by atoms with Gasteiger partial charge in [0.1, 0.15) is 11.0 Å². The maximum Gasteiger partial charge on any atom is 0.320 e. The number of ether oxygens (including phenoxy) is 1. The van der Waals surface area contributed by atoms with Gasteiger partial charge in [-0.3, -0.25) is 9.59 Å². The number of carbonyl (C=O) groups excluding carboxylic acids is 2. The summed E-state index contributed by atoms with van der Waals surface area (Å²) in [7, 11) is 0. The van der Waals surface area contributed by atoms with E-state index >= 15 is 0 Å². The molecule has 1 saturated carbocycles. The van der Waals surface area contributed by atoms with Gasteiger partial charge in [0.05, 0.1) is 0 Å². The second kappa shape index (κ2) is 7.02. The second-order valence-electron chi connectivity index (χ2n) is 8.40. The Balaban J connectivity index is 1.75. The Hall–Kier alpha value is -1.90. The molecule has 2 aliphatic rings. The molecule has 0 N–H and O–H groups in total. The maximum absolute atomic E-state index is 13.2. The fourth-order valence-corrected chi connectivity index (χ4v) is 4.41. The summed E-state index contributed by atoms with van der Waals surface area (Å²) < 4.78 is 5.82. The number of aryl methyl sites for hydroxylation is 2. The molecular formula is C23H30O3. The SMILES string of the molecule is C=CCC1(CCCc2ccc(CC)cc2)C(=O)OC(C)(C)C2CC2C1=O. The van der Waals surface area contributed by atoms with Crippen molar-refractivity contribution >= 4 is 11.8 Å². The first-order valence-electron chi connectivity index (χ1n) is 9.80. The number of fused-ring (bicyclic) bond motifs is 1. The predicted molar refractivity (Wildman–Crippen MR) is 103 cm³/mol. The molecule has 1 aromatic carbocycles. The number of hydrogen-bond acceptors (Lipinski definition) is 3. The number of hydrogen-bond donors (Lipinski definition) is 0. The van der Waals surface area contributed by atoms with Crippen LogP contribution in [0.1, 0.15) is 57.6 Å². The lowest BCUT2D eigenvalue weighted by Crippen LogP contribution is -2.42. The molecule has 0 spiro atoms. The van der Waals surface area contributed by atoms with Crippen LogP contribution in [-0.4, -0.2) is 17.4 Å². The summed E-state index contributed by atoms with van der Waals surface area (Å²) in [6.45, 7) is 9.81. The minimum absolute atomic E-state index is 0.0276. The van der Waals surface area contributed by atoms with E-state index in [9.17, 15) is 9.59 Å². The Bertz CT molecular complexity index is 701. The van der Waals surface area contributed by atoms with E-state index in [-0.39, 0.29) is 23.6 Å². The van der Waals surface area contributed by atoms with Gasteiger partial charge >= 0.3 is 5.97 Å². The molecule has 1 aliphatic heterocycles. The molecule has 3 rings (SSSR count). The highest BCUT2D eigenvalue weighted by atomic mass is 16.6. The molecule has 2 fully saturated rings. The predicted octanol–water partition coefficient (Wildman–Crippen LogP) is 4.67. The smallest absolute Gasteiger partial charge is 0.320 e. The Labute approximate surface area is 156 Å². The fraction of sp³-hybridized carbons (Fsp3) is 0.565. The topological polar surface area (TPSA) is 43.4 Å². The first-order chi connectivity index (χ1) is 12.3. The molecule has 1 heterocycles. The van der Waals surface area contributed by atoms with E-state index in [0.717, 1.165) is 25.7 Å². The van der Waals surface area contributed by atoms with Crippen molar-refractivity contribution in [3.63, 3.8) is 0 Å². The van der Waals surface area contributed by atoms with Gasteiger partial charge in [0.2, 0.25) is 0 Å². The highest BCUT2D eigenvalue weighted by Gasteiger charge is 2.63. The number of Topliss-reactive ketones (excluding diaryl/α,β-unsaturated/α-hetero) is 1. The van der Waals surface area contributed by atoms with E-state index in [1.165, 1.54) is 11.1 Å². The first kappa shape index (κ1) is 18.9. The minimum Gasteiger partial charge on any atom is -0.459 e. The van der Waals surface area contributed by atoms with Crippen LogP contribution in [0.15, 0.2) is 36.9 Å². The van der Waals surface area contributed by atoms with Gasteiger partial charge in [0, 0.05) is 11.8 Å². The minimum atomic E-state index is -1.04. The van der Waals surface area contributed by atoms with Gasteiger partial charge in [-0.15, -0.1) is 6.58 Å². The Morgan fingerprint density at radius 3 is 2.46 bits per heavy atom. The summed E-state index contributed by atoms with van der Waals surface area (Å²) in [5.41, 5.74) is 0.977. The zero-order chi connectivity index (χ0) is 18.9. The van der Waals surface area contributed by atoms with Crippen molar-refractivity contribution in [1.29, 1.82) is 0 Å². The van der Waals surface area contributed by atoms with Crippen molar-refractivity contribution in [3.8, 4) is 0 Å². The van der Waals surface area contributed by atoms with Crippen LogP contribution in [-0.2, 0) is 27.2 Å². The standard InChI is InChI=1S/C23H30O3/c1-5-13-23(14-7-8-17-11-9-16(6-2)10-12-17)20(24)18-15-19(18)22(3,4)26-21(23)25/h5,9-12,18-19H,1,6-8,13-15H2,2-4H3. The Morgan fingerprint density at radius 1 is 1.19 bits per heavy atom. The van der Waals surface area contributed by atoms with E-state index in [1.54, 1.807) is 6.08 Å². The van der Waals surface area contributed by atoms with Gasteiger partial charge in [-0.2, -0.15) is 0 Å². The van der Waals surface area contributed by atoms with Crippen molar-refractivity contribution < 1.29 is 14.3 Å². The molecule has 0 radical (unpaired) electrons. The number of rotatable bonds is 7. The van der Waals surface area contributed by atoms with Gasteiger partial charge in [-0.1, -0.05) is 37.3 Å². The summed E-state index contributed by atoms with van der Waals surface area (Å²) in [5.74, 6) is -0.118. The molecule has 0 bridgehead atoms. The average Bonchev–Trinajstić information content (AvgIpc) is 3.42. The largest absolute Gasteiger partial charge is 0.459 e. The number of carbonyl (C=O) groups is 2. The third-order valence-electron chi connectivity index (χ3n) is 6.23. The van der Waals surface area contributed by atoms with Gasteiger partial charge in [-0.05, 0) is 63.5 Å². The van der Waals surface area contributed by atoms with Crippen LogP contribution in [0.2, 0.25) is 0 Å². The lowest BCUT2D eigenvalue weighted by Gasteiger charge is -2.31. The average molecular weight is 354 g/mol. The van der Waals surface area contributed by atoms with Crippen molar-refractivity contribution in [1.82, 2.24) is 0 Å². The molecule has 140 valence electrons. The van der Waals surface area contributed by atoms with Crippen LogP contribution < -0.4 is 0 Å². The van der Waals surface area contributed by atoms with Gasteiger partial charge < -0.3 is 4.74 Å². The van der Waals surface area contributed by atoms with Crippen LogP contribution >= 0.6 is 0 Å². The highest BCUT2D eigenvalue weighted by molar-refractivity contribution is 6.07. The quantitative estimate of drug-likeness (QED) is 0.406. The van der Waals surface area contributed by atoms with Gasteiger partial charge in [0.25, 0.3) is 0 Å². The molecule has 0 aromatic heterocycles. The summed E-state index contributed by atoms with van der Waals surface area (Å²) >= 11 is 0.